The largest absolute Gasteiger partial charge is 0.353 e. The summed E-state index contributed by atoms with van der Waals surface area (Å²) in [6, 6.07) is 5.85. The zero-order valence-corrected chi connectivity index (χ0v) is 18.0. The molecule has 0 fully saturated rings. The van der Waals surface area contributed by atoms with Crippen LogP contribution < -0.4 is 10.9 Å². The number of benzene rings is 1. The van der Waals surface area contributed by atoms with Crippen molar-refractivity contribution in [2.45, 2.75) is 38.9 Å². The number of hydrogen-bond acceptors (Lipinski definition) is 4. The second-order valence-corrected chi connectivity index (χ2v) is 8.59. The Hall–Kier alpha value is -2.32. The van der Waals surface area contributed by atoms with E-state index in [2.05, 4.69) is 29.1 Å². The van der Waals surface area contributed by atoms with Crippen LogP contribution in [-0.2, 0) is 11.3 Å². The minimum Gasteiger partial charge on any atom is -0.353 e. The second kappa shape index (κ2) is 9.00. The molecule has 1 amide bonds. The third kappa shape index (κ3) is 5.19. The van der Waals surface area contributed by atoms with Crippen molar-refractivity contribution >= 4 is 46.0 Å². The van der Waals surface area contributed by atoms with Gasteiger partial charge in [-0.25, -0.2) is 9.37 Å². The van der Waals surface area contributed by atoms with Crippen LogP contribution in [-0.4, -0.2) is 26.2 Å². The van der Waals surface area contributed by atoms with Gasteiger partial charge >= 0.3 is 0 Å². The Kier molecular flexibility index (Phi) is 6.64. The second-order valence-electron chi connectivity index (χ2n) is 7.21. The van der Waals surface area contributed by atoms with Gasteiger partial charge in [-0.2, -0.15) is 0 Å². The average Bonchev–Trinajstić information content (AvgIpc) is 3.02. The molecule has 3 rings (SSSR count). The summed E-state index contributed by atoms with van der Waals surface area (Å²) in [5.41, 5.74) is 1.78. The number of amides is 1. The zero-order chi connectivity index (χ0) is 21.1. The van der Waals surface area contributed by atoms with Crippen LogP contribution in [0, 0.1) is 18.7 Å². The van der Waals surface area contributed by atoms with E-state index >= 15 is 0 Å². The third-order valence-corrected chi connectivity index (χ3v) is 5.52. The van der Waals surface area contributed by atoms with Crippen LogP contribution in [0.2, 0.25) is 5.02 Å². The highest BCUT2D eigenvalue weighted by atomic mass is 35.5. The van der Waals surface area contributed by atoms with Crippen molar-refractivity contribution in [1.29, 1.82) is 0 Å². The first-order valence-electron chi connectivity index (χ1n) is 9.22. The molecule has 3 aromatic rings. The van der Waals surface area contributed by atoms with Crippen LogP contribution >= 0.6 is 23.4 Å². The SMILES string of the molecule is Cc1cc2nc(SCC(=O)Nc3ccc(Cl)cc3F)n(CCC(C)C)c(=O)c2[nH]1. The predicted octanol–water partition coefficient (Wildman–Crippen LogP) is 4.60. The number of fused-ring (bicyclic) bond motifs is 1. The van der Waals surface area contributed by atoms with Gasteiger partial charge in [0.2, 0.25) is 5.91 Å². The van der Waals surface area contributed by atoms with Crippen LogP contribution in [0.5, 0.6) is 0 Å². The topological polar surface area (TPSA) is 79.8 Å². The van der Waals surface area contributed by atoms with Crippen molar-refractivity contribution in [3.63, 3.8) is 0 Å². The Bertz CT molecular complexity index is 1110. The smallest absolute Gasteiger partial charge is 0.278 e. The number of rotatable bonds is 7. The first-order valence-corrected chi connectivity index (χ1v) is 10.6. The minimum atomic E-state index is -0.605. The number of carbonyl (C=O) groups is 1. The number of aromatic amines is 1. The van der Waals surface area contributed by atoms with Gasteiger partial charge in [0.25, 0.3) is 5.56 Å². The number of aryl methyl sites for hydroxylation is 1. The number of H-pyrrole nitrogens is 1. The summed E-state index contributed by atoms with van der Waals surface area (Å²) in [7, 11) is 0. The standard InChI is InChI=1S/C20H22ClFN4O2S/c1-11(2)6-7-26-19(28)18-16(8-12(3)23-18)25-20(26)29-10-17(27)24-15-5-4-13(21)9-14(15)22/h4-5,8-9,11,23H,6-7,10H2,1-3H3,(H,24,27). The van der Waals surface area contributed by atoms with E-state index in [-0.39, 0.29) is 22.0 Å². The molecule has 0 aliphatic rings. The Labute approximate surface area is 176 Å². The van der Waals surface area contributed by atoms with Gasteiger partial charge < -0.3 is 10.3 Å². The maximum Gasteiger partial charge on any atom is 0.278 e. The van der Waals surface area contributed by atoms with Gasteiger partial charge in [-0.1, -0.05) is 37.2 Å². The van der Waals surface area contributed by atoms with Crippen molar-refractivity contribution in [2.24, 2.45) is 5.92 Å². The molecule has 0 spiro atoms. The maximum atomic E-state index is 13.9. The molecule has 0 bridgehead atoms. The molecule has 0 saturated carbocycles. The van der Waals surface area contributed by atoms with E-state index in [0.29, 0.717) is 28.7 Å². The Balaban J connectivity index is 1.81. The number of hydrogen-bond donors (Lipinski definition) is 2. The molecule has 0 saturated heterocycles. The highest BCUT2D eigenvalue weighted by Crippen LogP contribution is 2.22. The monoisotopic (exact) mass is 436 g/mol. The average molecular weight is 437 g/mol. The lowest BCUT2D eigenvalue weighted by Crippen LogP contribution is -2.25. The fourth-order valence-electron chi connectivity index (χ4n) is 2.81. The predicted molar refractivity (Wildman–Crippen MR) is 115 cm³/mol. The number of carbonyl (C=O) groups excluding carboxylic acids is 1. The first kappa shape index (κ1) is 21.4. The molecule has 0 aliphatic heterocycles. The first-order chi connectivity index (χ1) is 13.7. The quantitative estimate of drug-likeness (QED) is 0.419. The number of halogens is 2. The number of thioether (sulfide) groups is 1. The Morgan fingerprint density at radius 2 is 2.14 bits per heavy atom. The molecule has 9 heteroatoms. The van der Waals surface area contributed by atoms with Crippen molar-refractivity contribution in [3.05, 3.63) is 51.2 Å². The van der Waals surface area contributed by atoms with Gasteiger partial charge in [-0.15, -0.1) is 0 Å². The van der Waals surface area contributed by atoms with Gasteiger partial charge in [0, 0.05) is 17.3 Å². The molecule has 6 nitrogen and oxygen atoms in total. The van der Waals surface area contributed by atoms with E-state index in [1.54, 1.807) is 10.6 Å². The molecule has 0 aliphatic carbocycles. The van der Waals surface area contributed by atoms with Crippen molar-refractivity contribution in [2.75, 3.05) is 11.1 Å². The Morgan fingerprint density at radius 1 is 1.38 bits per heavy atom. The van der Waals surface area contributed by atoms with Gasteiger partial charge in [-0.05, 0) is 43.5 Å². The molecular formula is C20H22ClFN4O2S. The van der Waals surface area contributed by atoms with Crippen LogP contribution in [0.4, 0.5) is 10.1 Å². The Morgan fingerprint density at radius 3 is 2.83 bits per heavy atom. The van der Waals surface area contributed by atoms with E-state index in [4.69, 9.17) is 11.6 Å². The fourth-order valence-corrected chi connectivity index (χ4v) is 3.80. The van der Waals surface area contributed by atoms with Gasteiger partial charge in [0.05, 0.1) is 17.0 Å². The molecule has 29 heavy (non-hydrogen) atoms. The third-order valence-electron chi connectivity index (χ3n) is 4.31. The van der Waals surface area contributed by atoms with Crippen LogP contribution in [0.3, 0.4) is 0 Å². The van der Waals surface area contributed by atoms with E-state index in [1.165, 1.54) is 12.1 Å². The van der Waals surface area contributed by atoms with Crippen molar-refractivity contribution in [3.8, 4) is 0 Å². The summed E-state index contributed by atoms with van der Waals surface area (Å²) in [4.78, 5) is 32.8. The lowest BCUT2D eigenvalue weighted by molar-refractivity contribution is -0.113. The van der Waals surface area contributed by atoms with E-state index in [0.717, 1.165) is 29.9 Å². The van der Waals surface area contributed by atoms with Gasteiger partial charge in [0.1, 0.15) is 11.3 Å². The lowest BCUT2D eigenvalue weighted by Gasteiger charge is -2.13. The zero-order valence-electron chi connectivity index (χ0n) is 16.4. The number of anilines is 1. The molecule has 2 heterocycles. The summed E-state index contributed by atoms with van der Waals surface area (Å²) in [6.45, 7) is 6.53. The molecule has 0 atom stereocenters. The molecule has 2 N–H and O–H groups in total. The molecule has 2 aromatic heterocycles. The normalized spacial score (nSPS) is 11.4. The number of nitrogens with zero attached hydrogens (tertiary/aromatic N) is 2. The molecule has 0 unspecified atom stereocenters. The minimum absolute atomic E-state index is 0.00883. The summed E-state index contributed by atoms with van der Waals surface area (Å²) in [5.74, 6) is -0.597. The van der Waals surface area contributed by atoms with Gasteiger partial charge in [0.15, 0.2) is 5.16 Å². The van der Waals surface area contributed by atoms with Crippen LogP contribution in [0.15, 0.2) is 34.2 Å². The molecule has 0 radical (unpaired) electrons. The number of nitrogens with one attached hydrogen (secondary N) is 2. The van der Waals surface area contributed by atoms with Crippen molar-refractivity contribution in [1.82, 2.24) is 14.5 Å². The fraction of sp³-hybridized carbons (Fsp3) is 0.350. The summed E-state index contributed by atoms with van der Waals surface area (Å²) in [6.07, 6.45) is 0.808. The van der Waals surface area contributed by atoms with E-state index in [9.17, 15) is 14.0 Å². The van der Waals surface area contributed by atoms with Gasteiger partial charge in [-0.3, -0.25) is 14.2 Å². The van der Waals surface area contributed by atoms with E-state index in [1.807, 2.05) is 6.92 Å². The lowest BCUT2D eigenvalue weighted by atomic mass is 10.1. The van der Waals surface area contributed by atoms with Crippen LogP contribution in [0.1, 0.15) is 26.0 Å². The highest BCUT2D eigenvalue weighted by Gasteiger charge is 2.16. The van der Waals surface area contributed by atoms with Crippen molar-refractivity contribution < 1.29 is 9.18 Å². The summed E-state index contributed by atoms with van der Waals surface area (Å²) < 4.78 is 15.5. The summed E-state index contributed by atoms with van der Waals surface area (Å²) in [5, 5.41) is 3.24. The highest BCUT2D eigenvalue weighted by molar-refractivity contribution is 7.99. The molecule has 1 aromatic carbocycles. The van der Waals surface area contributed by atoms with E-state index < -0.39 is 11.7 Å². The maximum absolute atomic E-state index is 13.9. The molecule has 154 valence electrons. The van der Waals surface area contributed by atoms with Crippen LogP contribution in [0.25, 0.3) is 11.0 Å². The number of aromatic nitrogens is 3. The molecular weight excluding hydrogens is 415 g/mol. The summed E-state index contributed by atoms with van der Waals surface area (Å²) >= 11 is 6.88.